The Bertz CT molecular complexity index is 694. The number of aromatic nitrogens is 1. The fraction of sp³-hybridized carbons (Fsp3) is 0.143. The molecule has 0 aliphatic rings. The highest BCUT2D eigenvalue weighted by Gasteiger charge is 2.18. The van der Waals surface area contributed by atoms with E-state index in [0.717, 1.165) is 29.3 Å². The number of carbonyl (C=O) groups excluding carboxylic acids is 1. The van der Waals surface area contributed by atoms with Crippen LogP contribution in [-0.4, -0.2) is 22.8 Å². The summed E-state index contributed by atoms with van der Waals surface area (Å²) in [5.74, 6) is -2.79. The van der Waals surface area contributed by atoms with E-state index in [0.29, 0.717) is 0 Å². The van der Waals surface area contributed by atoms with Crippen molar-refractivity contribution in [3.63, 3.8) is 0 Å². The lowest BCUT2D eigenvalue weighted by Gasteiger charge is -2.18. The molecule has 1 heterocycles. The molecule has 2 rings (SSSR count). The first-order valence-electron chi connectivity index (χ1n) is 5.89. The smallest absolute Gasteiger partial charge is 0.257 e. The summed E-state index contributed by atoms with van der Waals surface area (Å²) < 4.78 is 39.5. The van der Waals surface area contributed by atoms with Gasteiger partial charge in [0.1, 0.15) is 22.6 Å². The molecule has 7 heteroatoms. The molecule has 0 N–H and O–H groups in total. The zero-order chi connectivity index (χ0) is 15.6. The van der Waals surface area contributed by atoms with Gasteiger partial charge in [0.25, 0.3) is 5.91 Å². The second kappa shape index (κ2) is 6.13. The number of halogens is 4. The Balaban J connectivity index is 2.21. The van der Waals surface area contributed by atoms with Crippen LogP contribution in [0, 0.1) is 17.5 Å². The Morgan fingerprint density at radius 1 is 1.24 bits per heavy atom. The van der Waals surface area contributed by atoms with Crippen molar-refractivity contribution in [2.75, 3.05) is 7.05 Å². The summed E-state index contributed by atoms with van der Waals surface area (Å²) in [6.45, 7) is -0.113. The third-order valence-corrected chi connectivity index (χ3v) is 3.11. The second-order valence-electron chi connectivity index (χ2n) is 4.39. The maximum Gasteiger partial charge on any atom is 0.257 e. The standard InChI is InChI=1S/C14H10ClF3N2O/c1-20(7-8-2-3-9(16)5-12(8)18)14(21)11-4-10(17)6-19-13(11)15/h2-6H,7H2,1H3. The first-order valence-corrected chi connectivity index (χ1v) is 6.26. The molecule has 110 valence electrons. The fourth-order valence-corrected chi connectivity index (χ4v) is 1.94. The lowest BCUT2D eigenvalue weighted by Crippen LogP contribution is -2.27. The molecule has 0 saturated carbocycles. The molecule has 1 amide bonds. The van der Waals surface area contributed by atoms with Crippen LogP contribution >= 0.6 is 11.6 Å². The minimum absolute atomic E-state index is 0.113. The Morgan fingerprint density at radius 3 is 2.62 bits per heavy atom. The van der Waals surface area contributed by atoms with Crippen molar-refractivity contribution in [3.8, 4) is 0 Å². The average Bonchev–Trinajstić information content (AvgIpc) is 2.43. The van der Waals surface area contributed by atoms with Crippen LogP contribution in [0.4, 0.5) is 13.2 Å². The van der Waals surface area contributed by atoms with E-state index in [4.69, 9.17) is 11.6 Å². The summed E-state index contributed by atoms with van der Waals surface area (Å²) in [7, 11) is 1.40. The average molecular weight is 315 g/mol. The van der Waals surface area contributed by atoms with E-state index in [9.17, 15) is 18.0 Å². The molecule has 3 nitrogen and oxygen atoms in total. The van der Waals surface area contributed by atoms with Crippen LogP contribution in [0.1, 0.15) is 15.9 Å². The van der Waals surface area contributed by atoms with E-state index in [2.05, 4.69) is 4.98 Å². The lowest BCUT2D eigenvalue weighted by molar-refractivity contribution is 0.0783. The van der Waals surface area contributed by atoms with Crippen LogP contribution in [0.3, 0.4) is 0 Å². The van der Waals surface area contributed by atoms with Crippen molar-refractivity contribution in [2.24, 2.45) is 0 Å². The molecular formula is C14H10ClF3N2O. The lowest BCUT2D eigenvalue weighted by atomic mass is 10.2. The number of benzene rings is 1. The van der Waals surface area contributed by atoms with E-state index in [-0.39, 0.29) is 22.8 Å². The molecule has 0 aliphatic carbocycles. The van der Waals surface area contributed by atoms with Crippen LogP contribution < -0.4 is 0 Å². The molecule has 0 fully saturated rings. The van der Waals surface area contributed by atoms with E-state index >= 15 is 0 Å². The predicted molar refractivity (Wildman–Crippen MR) is 71.4 cm³/mol. The topological polar surface area (TPSA) is 33.2 Å². The quantitative estimate of drug-likeness (QED) is 0.813. The summed E-state index contributed by atoms with van der Waals surface area (Å²) in [4.78, 5) is 16.8. The van der Waals surface area contributed by atoms with Gasteiger partial charge in [-0.1, -0.05) is 17.7 Å². The molecule has 0 aliphatic heterocycles. The van der Waals surface area contributed by atoms with Gasteiger partial charge in [-0.3, -0.25) is 4.79 Å². The van der Waals surface area contributed by atoms with Gasteiger partial charge in [0, 0.05) is 25.2 Å². The Morgan fingerprint density at radius 2 is 1.95 bits per heavy atom. The molecule has 2 aromatic rings. The van der Waals surface area contributed by atoms with Gasteiger partial charge in [-0.15, -0.1) is 0 Å². The predicted octanol–water partition coefficient (Wildman–Crippen LogP) is 3.42. The van der Waals surface area contributed by atoms with Crippen LogP contribution in [0.5, 0.6) is 0 Å². The van der Waals surface area contributed by atoms with Crippen LogP contribution in [0.15, 0.2) is 30.5 Å². The van der Waals surface area contributed by atoms with E-state index in [1.165, 1.54) is 13.1 Å². The molecule has 0 unspecified atom stereocenters. The van der Waals surface area contributed by atoms with Gasteiger partial charge in [-0.25, -0.2) is 18.2 Å². The fourth-order valence-electron chi connectivity index (χ4n) is 1.76. The molecule has 21 heavy (non-hydrogen) atoms. The minimum atomic E-state index is -0.766. The van der Waals surface area contributed by atoms with Crippen LogP contribution in [0.25, 0.3) is 0 Å². The number of amides is 1. The van der Waals surface area contributed by atoms with E-state index < -0.39 is 23.4 Å². The van der Waals surface area contributed by atoms with Crippen molar-refractivity contribution in [1.29, 1.82) is 0 Å². The summed E-state index contributed by atoms with van der Waals surface area (Å²) in [5, 5.41) is -0.146. The largest absolute Gasteiger partial charge is 0.337 e. The van der Waals surface area contributed by atoms with Crippen LogP contribution in [-0.2, 0) is 6.54 Å². The highest BCUT2D eigenvalue weighted by molar-refractivity contribution is 6.32. The van der Waals surface area contributed by atoms with Crippen molar-refractivity contribution < 1.29 is 18.0 Å². The Labute approximate surface area is 124 Å². The second-order valence-corrected chi connectivity index (χ2v) is 4.75. The molecule has 1 aromatic heterocycles. The normalized spacial score (nSPS) is 10.5. The third-order valence-electron chi connectivity index (χ3n) is 2.81. The number of hydrogen-bond acceptors (Lipinski definition) is 2. The summed E-state index contributed by atoms with van der Waals surface area (Å²) in [5.41, 5.74) is 0.00872. The maximum atomic E-state index is 13.5. The van der Waals surface area contributed by atoms with E-state index in [1.807, 2.05) is 0 Å². The Kier molecular flexibility index (Phi) is 4.47. The Hall–Kier alpha value is -2.08. The highest BCUT2D eigenvalue weighted by atomic mass is 35.5. The number of pyridine rings is 1. The van der Waals surface area contributed by atoms with Crippen molar-refractivity contribution in [2.45, 2.75) is 6.54 Å². The molecule has 0 saturated heterocycles. The maximum absolute atomic E-state index is 13.5. The summed E-state index contributed by atoms with van der Waals surface area (Å²) in [6.07, 6.45) is 0.888. The van der Waals surface area contributed by atoms with Gasteiger partial charge in [-0.05, 0) is 12.1 Å². The van der Waals surface area contributed by atoms with Crippen molar-refractivity contribution in [1.82, 2.24) is 9.88 Å². The monoisotopic (exact) mass is 314 g/mol. The number of nitrogens with zero attached hydrogens (tertiary/aromatic N) is 2. The number of rotatable bonds is 3. The molecular weight excluding hydrogens is 305 g/mol. The van der Waals surface area contributed by atoms with Gasteiger partial charge in [0.2, 0.25) is 0 Å². The van der Waals surface area contributed by atoms with Gasteiger partial charge < -0.3 is 4.90 Å². The number of hydrogen-bond donors (Lipinski definition) is 0. The molecule has 1 aromatic carbocycles. The first kappa shape index (κ1) is 15.3. The van der Waals surface area contributed by atoms with Crippen molar-refractivity contribution in [3.05, 3.63) is 64.2 Å². The summed E-state index contributed by atoms with van der Waals surface area (Å²) >= 11 is 5.74. The van der Waals surface area contributed by atoms with Gasteiger partial charge in [-0.2, -0.15) is 0 Å². The SMILES string of the molecule is CN(Cc1ccc(F)cc1F)C(=O)c1cc(F)cnc1Cl. The molecule has 0 spiro atoms. The first-order chi connectivity index (χ1) is 9.88. The summed E-state index contributed by atoms with van der Waals surface area (Å²) in [6, 6.07) is 4.01. The third kappa shape index (κ3) is 3.52. The molecule has 0 radical (unpaired) electrons. The van der Waals surface area contributed by atoms with Gasteiger partial charge >= 0.3 is 0 Å². The van der Waals surface area contributed by atoms with E-state index in [1.54, 1.807) is 0 Å². The zero-order valence-corrected chi connectivity index (χ0v) is 11.7. The zero-order valence-electron chi connectivity index (χ0n) is 10.9. The highest BCUT2D eigenvalue weighted by Crippen LogP contribution is 2.18. The molecule has 0 bridgehead atoms. The number of carbonyl (C=O) groups is 1. The van der Waals surface area contributed by atoms with Gasteiger partial charge in [0.05, 0.1) is 11.8 Å². The van der Waals surface area contributed by atoms with Gasteiger partial charge in [0.15, 0.2) is 0 Å². The minimum Gasteiger partial charge on any atom is -0.337 e. The molecule has 0 atom stereocenters. The van der Waals surface area contributed by atoms with Crippen molar-refractivity contribution >= 4 is 17.5 Å². The van der Waals surface area contributed by atoms with Crippen LogP contribution in [0.2, 0.25) is 5.15 Å².